The van der Waals surface area contributed by atoms with Crippen molar-refractivity contribution in [1.82, 2.24) is 15.3 Å². The molecule has 0 aromatic carbocycles. The maximum absolute atomic E-state index is 6.06. The lowest BCUT2D eigenvalue weighted by Crippen LogP contribution is -2.59. The minimum Gasteiger partial charge on any atom is -0.329 e. The van der Waals surface area contributed by atoms with Gasteiger partial charge in [-0.15, -0.1) is 0 Å². The Morgan fingerprint density at radius 3 is 2.47 bits per heavy atom. The Kier molecular flexibility index (Phi) is 4.79. The van der Waals surface area contributed by atoms with Gasteiger partial charge in [-0.3, -0.25) is 0 Å². The van der Waals surface area contributed by atoms with Gasteiger partial charge in [0.1, 0.15) is 0 Å². The van der Waals surface area contributed by atoms with E-state index in [1.54, 1.807) is 0 Å². The Labute approximate surface area is 105 Å². The van der Waals surface area contributed by atoms with Gasteiger partial charge in [-0.1, -0.05) is 6.42 Å². The number of piperidine rings is 1. The van der Waals surface area contributed by atoms with E-state index in [4.69, 9.17) is 5.73 Å². The third kappa shape index (κ3) is 3.65. The van der Waals surface area contributed by atoms with Gasteiger partial charge >= 0.3 is 0 Å². The molecular formula is C13H28N4. The van der Waals surface area contributed by atoms with E-state index >= 15 is 0 Å². The molecular weight excluding hydrogens is 212 g/mol. The van der Waals surface area contributed by atoms with Crippen LogP contribution in [0.4, 0.5) is 0 Å². The molecule has 0 aliphatic carbocycles. The average Bonchev–Trinajstić information content (AvgIpc) is 2.54. The maximum atomic E-state index is 6.06. The number of hydrazine groups is 1. The van der Waals surface area contributed by atoms with Crippen molar-refractivity contribution >= 4 is 0 Å². The van der Waals surface area contributed by atoms with E-state index in [1.165, 1.54) is 58.2 Å². The first-order valence-corrected chi connectivity index (χ1v) is 7.15. The molecule has 1 atom stereocenters. The van der Waals surface area contributed by atoms with Crippen molar-refractivity contribution < 1.29 is 0 Å². The van der Waals surface area contributed by atoms with Gasteiger partial charge in [-0.05, 0) is 52.2 Å². The van der Waals surface area contributed by atoms with Crippen LogP contribution >= 0.6 is 0 Å². The van der Waals surface area contributed by atoms with Crippen LogP contribution in [0.25, 0.3) is 0 Å². The molecule has 0 aromatic rings. The molecule has 0 amide bonds. The molecule has 2 rings (SSSR count). The molecule has 2 aliphatic rings. The number of nitrogens with zero attached hydrogens (tertiary/aromatic N) is 2. The van der Waals surface area contributed by atoms with Gasteiger partial charge < -0.3 is 10.6 Å². The van der Waals surface area contributed by atoms with Gasteiger partial charge in [0.05, 0.1) is 0 Å². The van der Waals surface area contributed by atoms with Crippen LogP contribution < -0.4 is 11.2 Å². The van der Waals surface area contributed by atoms with Crippen molar-refractivity contribution in [3.05, 3.63) is 0 Å². The zero-order chi connectivity index (χ0) is 12.1. The summed E-state index contributed by atoms with van der Waals surface area (Å²) in [6.45, 7) is 5.52. The Morgan fingerprint density at radius 2 is 1.76 bits per heavy atom. The molecule has 0 radical (unpaired) electrons. The second kappa shape index (κ2) is 6.14. The van der Waals surface area contributed by atoms with Gasteiger partial charge in [0, 0.05) is 25.2 Å². The summed E-state index contributed by atoms with van der Waals surface area (Å²) in [5.74, 6) is 0. The van der Waals surface area contributed by atoms with Crippen molar-refractivity contribution in [2.75, 3.05) is 39.8 Å². The predicted octanol–water partition coefficient (Wildman–Crippen LogP) is 0.790. The third-order valence-electron chi connectivity index (χ3n) is 4.31. The van der Waals surface area contributed by atoms with Crippen molar-refractivity contribution in [2.24, 2.45) is 5.73 Å². The van der Waals surface area contributed by atoms with E-state index in [9.17, 15) is 0 Å². The molecule has 2 saturated heterocycles. The first kappa shape index (κ1) is 13.3. The van der Waals surface area contributed by atoms with Crippen LogP contribution in [0.15, 0.2) is 0 Å². The quantitative estimate of drug-likeness (QED) is 0.765. The summed E-state index contributed by atoms with van der Waals surface area (Å²) >= 11 is 0. The molecule has 2 fully saturated rings. The van der Waals surface area contributed by atoms with E-state index in [0.29, 0.717) is 0 Å². The molecule has 4 heteroatoms. The van der Waals surface area contributed by atoms with Crippen LogP contribution in [0.3, 0.4) is 0 Å². The molecule has 0 bridgehead atoms. The molecule has 2 heterocycles. The number of hydrogen-bond donors (Lipinski definition) is 2. The highest BCUT2D eigenvalue weighted by atomic mass is 15.5. The molecule has 4 nitrogen and oxygen atoms in total. The standard InChI is InChI=1S/C13H28N4/c1-16-8-5-6-13(12-14,7-11-16)15-17-9-3-2-4-10-17/h15H,2-12,14H2,1H3. The predicted molar refractivity (Wildman–Crippen MR) is 71.7 cm³/mol. The van der Waals surface area contributed by atoms with Crippen molar-refractivity contribution in [3.63, 3.8) is 0 Å². The molecule has 0 spiro atoms. The number of rotatable bonds is 3. The number of nitrogens with one attached hydrogen (secondary N) is 1. The fourth-order valence-electron chi connectivity index (χ4n) is 3.03. The highest BCUT2D eigenvalue weighted by Crippen LogP contribution is 2.22. The minimum absolute atomic E-state index is 0.155. The van der Waals surface area contributed by atoms with E-state index in [0.717, 1.165) is 13.1 Å². The van der Waals surface area contributed by atoms with Gasteiger partial charge in [-0.25, -0.2) is 10.4 Å². The topological polar surface area (TPSA) is 44.5 Å². The van der Waals surface area contributed by atoms with Crippen molar-refractivity contribution in [3.8, 4) is 0 Å². The normalized spacial score (nSPS) is 33.5. The lowest BCUT2D eigenvalue weighted by atomic mass is 9.91. The summed E-state index contributed by atoms with van der Waals surface area (Å²) in [7, 11) is 2.22. The van der Waals surface area contributed by atoms with Crippen LogP contribution in [-0.2, 0) is 0 Å². The third-order valence-corrected chi connectivity index (χ3v) is 4.31. The highest BCUT2D eigenvalue weighted by Gasteiger charge is 2.32. The van der Waals surface area contributed by atoms with Gasteiger partial charge in [0.25, 0.3) is 0 Å². The van der Waals surface area contributed by atoms with Crippen LogP contribution in [0.2, 0.25) is 0 Å². The summed E-state index contributed by atoms with van der Waals surface area (Å²) in [6.07, 6.45) is 7.69. The zero-order valence-electron chi connectivity index (χ0n) is 11.2. The summed E-state index contributed by atoms with van der Waals surface area (Å²) in [5.41, 5.74) is 9.98. The maximum Gasteiger partial charge on any atom is 0.0460 e. The number of hydrogen-bond acceptors (Lipinski definition) is 4. The Balaban J connectivity index is 1.92. The zero-order valence-corrected chi connectivity index (χ0v) is 11.2. The van der Waals surface area contributed by atoms with Crippen LogP contribution in [0.5, 0.6) is 0 Å². The second-order valence-electron chi connectivity index (χ2n) is 5.80. The Hall–Kier alpha value is -0.160. The SMILES string of the molecule is CN1CCCC(CN)(NN2CCCCC2)CC1. The summed E-state index contributed by atoms with van der Waals surface area (Å²) in [5, 5.41) is 2.42. The van der Waals surface area contributed by atoms with Gasteiger partial charge in [-0.2, -0.15) is 0 Å². The van der Waals surface area contributed by atoms with E-state index in [1.807, 2.05) is 0 Å². The highest BCUT2D eigenvalue weighted by molar-refractivity contribution is 4.91. The molecule has 1 unspecified atom stereocenters. The smallest absolute Gasteiger partial charge is 0.0460 e. The Morgan fingerprint density at radius 1 is 1.00 bits per heavy atom. The molecule has 3 N–H and O–H groups in total. The van der Waals surface area contributed by atoms with E-state index < -0.39 is 0 Å². The van der Waals surface area contributed by atoms with Crippen LogP contribution in [-0.4, -0.2) is 55.2 Å². The number of nitrogens with two attached hydrogens (primary N) is 1. The summed E-state index contributed by atoms with van der Waals surface area (Å²) in [4.78, 5) is 2.43. The minimum atomic E-state index is 0.155. The first-order chi connectivity index (χ1) is 8.24. The lowest BCUT2D eigenvalue weighted by Gasteiger charge is -2.40. The summed E-state index contributed by atoms with van der Waals surface area (Å²) in [6, 6.07) is 0. The van der Waals surface area contributed by atoms with Crippen LogP contribution in [0, 0.1) is 0 Å². The Bertz CT molecular complexity index is 227. The fraction of sp³-hybridized carbons (Fsp3) is 1.00. The average molecular weight is 240 g/mol. The molecule has 0 aromatic heterocycles. The first-order valence-electron chi connectivity index (χ1n) is 7.15. The van der Waals surface area contributed by atoms with E-state index in [2.05, 4.69) is 22.4 Å². The van der Waals surface area contributed by atoms with E-state index in [-0.39, 0.29) is 5.54 Å². The molecule has 100 valence electrons. The second-order valence-corrected chi connectivity index (χ2v) is 5.80. The van der Waals surface area contributed by atoms with Gasteiger partial charge in [0.2, 0.25) is 0 Å². The molecule has 2 aliphatic heterocycles. The molecule has 0 saturated carbocycles. The monoisotopic (exact) mass is 240 g/mol. The lowest BCUT2D eigenvalue weighted by molar-refractivity contribution is 0.0746. The molecule has 17 heavy (non-hydrogen) atoms. The van der Waals surface area contributed by atoms with Crippen molar-refractivity contribution in [2.45, 2.75) is 44.1 Å². The summed E-state index contributed by atoms with van der Waals surface area (Å²) < 4.78 is 0. The van der Waals surface area contributed by atoms with Gasteiger partial charge in [0.15, 0.2) is 0 Å². The van der Waals surface area contributed by atoms with Crippen molar-refractivity contribution in [1.29, 1.82) is 0 Å². The number of likely N-dealkylation sites (tertiary alicyclic amines) is 1. The largest absolute Gasteiger partial charge is 0.329 e. The van der Waals surface area contributed by atoms with Crippen LogP contribution in [0.1, 0.15) is 38.5 Å². The fourth-order valence-corrected chi connectivity index (χ4v) is 3.03.